The molecule has 0 fully saturated rings. The van der Waals surface area contributed by atoms with Crippen molar-refractivity contribution in [1.29, 1.82) is 5.26 Å². The summed E-state index contributed by atoms with van der Waals surface area (Å²) in [5.41, 5.74) is 1.10. The maximum absolute atomic E-state index is 11.9. The minimum atomic E-state index is -0.409. The van der Waals surface area contributed by atoms with Gasteiger partial charge in [-0.05, 0) is 37.5 Å². The lowest BCUT2D eigenvalue weighted by molar-refractivity contribution is -0.121. The van der Waals surface area contributed by atoms with Crippen molar-refractivity contribution in [2.45, 2.75) is 33.2 Å². The summed E-state index contributed by atoms with van der Waals surface area (Å²) in [7, 11) is 0. The van der Waals surface area contributed by atoms with Gasteiger partial charge >= 0.3 is 0 Å². The highest BCUT2D eigenvalue weighted by Crippen LogP contribution is 2.23. The van der Waals surface area contributed by atoms with Crippen LogP contribution in [0.4, 0.5) is 5.69 Å². The van der Waals surface area contributed by atoms with Crippen LogP contribution in [-0.4, -0.2) is 18.5 Å². The van der Waals surface area contributed by atoms with Crippen LogP contribution >= 0.6 is 11.6 Å². The second-order valence-electron chi connectivity index (χ2n) is 5.15. The van der Waals surface area contributed by atoms with Crippen molar-refractivity contribution in [3.8, 4) is 6.07 Å². The summed E-state index contributed by atoms with van der Waals surface area (Å²) in [4.78, 5) is 11.9. The predicted octanol–water partition coefficient (Wildman–Crippen LogP) is 3.17. The Labute approximate surface area is 125 Å². The molecule has 0 aromatic heterocycles. The Kier molecular flexibility index (Phi) is 6.33. The number of amides is 1. The second kappa shape index (κ2) is 7.76. The average Bonchev–Trinajstić information content (AvgIpc) is 2.40. The van der Waals surface area contributed by atoms with Crippen LogP contribution in [0.15, 0.2) is 18.2 Å². The number of nitrogens with one attached hydrogen (secondary N) is 2. The van der Waals surface area contributed by atoms with E-state index >= 15 is 0 Å². The molecule has 1 atom stereocenters. The average molecular weight is 294 g/mol. The molecule has 1 aromatic carbocycles. The van der Waals surface area contributed by atoms with E-state index in [1.807, 2.05) is 6.07 Å². The molecule has 0 aliphatic heterocycles. The zero-order chi connectivity index (χ0) is 15.1. The molecule has 2 N–H and O–H groups in total. The lowest BCUT2D eigenvalue weighted by Crippen LogP contribution is -2.38. The highest BCUT2D eigenvalue weighted by molar-refractivity contribution is 6.33. The third-order valence-electron chi connectivity index (χ3n) is 2.88. The molecule has 5 heteroatoms. The Hall–Kier alpha value is -1.73. The second-order valence-corrected chi connectivity index (χ2v) is 5.55. The molecule has 20 heavy (non-hydrogen) atoms. The Morgan fingerprint density at radius 2 is 2.10 bits per heavy atom. The van der Waals surface area contributed by atoms with Crippen LogP contribution in [0.3, 0.4) is 0 Å². The van der Waals surface area contributed by atoms with Gasteiger partial charge in [-0.2, -0.15) is 5.26 Å². The molecular formula is C15H20ClN3O. The van der Waals surface area contributed by atoms with E-state index in [4.69, 9.17) is 16.9 Å². The maximum Gasteiger partial charge on any atom is 0.242 e. The number of hydrogen-bond donors (Lipinski definition) is 2. The summed E-state index contributed by atoms with van der Waals surface area (Å²) >= 11 is 6.04. The molecule has 1 unspecified atom stereocenters. The van der Waals surface area contributed by atoms with E-state index < -0.39 is 6.04 Å². The van der Waals surface area contributed by atoms with E-state index in [-0.39, 0.29) is 5.91 Å². The van der Waals surface area contributed by atoms with Gasteiger partial charge in [-0.15, -0.1) is 0 Å². The lowest BCUT2D eigenvalue weighted by Gasteiger charge is -2.16. The first-order chi connectivity index (χ1) is 9.43. The van der Waals surface area contributed by atoms with Crippen molar-refractivity contribution in [2.75, 3.05) is 11.9 Å². The number of nitriles is 1. The Balaban J connectivity index is 2.59. The number of carbonyl (C=O) groups excluding carboxylic acids is 1. The number of anilines is 1. The zero-order valence-corrected chi connectivity index (χ0v) is 12.8. The summed E-state index contributed by atoms with van der Waals surface area (Å²) in [5, 5.41) is 15.3. The first-order valence-electron chi connectivity index (χ1n) is 6.68. The summed E-state index contributed by atoms with van der Waals surface area (Å²) in [6.07, 6.45) is 0.948. The molecule has 0 heterocycles. The summed E-state index contributed by atoms with van der Waals surface area (Å²) in [6.45, 7) is 6.65. The molecule has 1 aromatic rings. The first kappa shape index (κ1) is 16.3. The normalized spacial score (nSPS) is 11.8. The van der Waals surface area contributed by atoms with Gasteiger partial charge in [0.2, 0.25) is 5.91 Å². The summed E-state index contributed by atoms with van der Waals surface area (Å²) < 4.78 is 0. The van der Waals surface area contributed by atoms with Gasteiger partial charge in [0.05, 0.1) is 22.3 Å². The fraction of sp³-hybridized carbons (Fsp3) is 0.467. The van der Waals surface area contributed by atoms with Crippen molar-refractivity contribution >= 4 is 23.2 Å². The van der Waals surface area contributed by atoms with E-state index in [1.54, 1.807) is 25.1 Å². The van der Waals surface area contributed by atoms with Crippen LogP contribution in [0.25, 0.3) is 0 Å². The van der Waals surface area contributed by atoms with Gasteiger partial charge in [-0.1, -0.05) is 25.4 Å². The quantitative estimate of drug-likeness (QED) is 0.846. The minimum Gasteiger partial charge on any atom is -0.373 e. The number of rotatable bonds is 6. The Morgan fingerprint density at radius 3 is 2.70 bits per heavy atom. The molecule has 0 radical (unpaired) electrons. The number of halogens is 1. The van der Waals surface area contributed by atoms with Gasteiger partial charge in [0.15, 0.2) is 0 Å². The Morgan fingerprint density at radius 1 is 1.40 bits per heavy atom. The van der Waals surface area contributed by atoms with Crippen LogP contribution in [0.5, 0.6) is 0 Å². The topological polar surface area (TPSA) is 64.9 Å². The lowest BCUT2D eigenvalue weighted by atomic mass is 10.1. The van der Waals surface area contributed by atoms with Crippen LogP contribution in [0.1, 0.15) is 32.8 Å². The highest BCUT2D eigenvalue weighted by Gasteiger charge is 2.14. The molecule has 1 rings (SSSR count). The van der Waals surface area contributed by atoms with Gasteiger partial charge < -0.3 is 10.6 Å². The van der Waals surface area contributed by atoms with E-state index in [2.05, 4.69) is 24.5 Å². The molecule has 1 amide bonds. The Bertz CT molecular complexity index is 508. The van der Waals surface area contributed by atoms with E-state index in [0.29, 0.717) is 28.7 Å². The highest BCUT2D eigenvalue weighted by atomic mass is 35.5. The number of hydrogen-bond acceptors (Lipinski definition) is 3. The molecular weight excluding hydrogens is 274 g/mol. The third-order valence-corrected chi connectivity index (χ3v) is 3.21. The largest absolute Gasteiger partial charge is 0.373 e. The van der Waals surface area contributed by atoms with Crippen molar-refractivity contribution in [3.63, 3.8) is 0 Å². The first-order valence-corrected chi connectivity index (χ1v) is 7.05. The van der Waals surface area contributed by atoms with Crippen molar-refractivity contribution in [1.82, 2.24) is 5.32 Å². The van der Waals surface area contributed by atoms with E-state index in [9.17, 15) is 4.79 Å². The smallest absolute Gasteiger partial charge is 0.242 e. The number of benzene rings is 1. The van der Waals surface area contributed by atoms with Gasteiger partial charge in [-0.3, -0.25) is 4.79 Å². The van der Waals surface area contributed by atoms with Crippen LogP contribution in [0.2, 0.25) is 5.02 Å². The summed E-state index contributed by atoms with van der Waals surface area (Å²) in [5.74, 6) is 0.476. The molecule has 0 saturated carbocycles. The van der Waals surface area contributed by atoms with Gasteiger partial charge in [-0.25, -0.2) is 0 Å². The number of carbonyl (C=O) groups is 1. The number of nitrogens with zero attached hydrogens (tertiary/aromatic N) is 1. The van der Waals surface area contributed by atoms with Crippen LogP contribution in [-0.2, 0) is 4.79 Å². The maximum atomic E-state index is 11.9. The standard InChI is InChI=1S/C15H20ClN3O/c1-10(2)6-7-18-15(20)11(3)19-14-8-12(9-17)4-5-13(14)16/h4-5,8,10-11,19H,6-7H2,1-3H3,(H,18,20). The molecule has 0 bridgehead atoms. The van der Waals surface area contributed by atoms with Crippen molar-refractivity contribution in [3.05, 3.63) is 28.8 Å². The fourth-order valence-electron chi connectivity index (χ4n) is 1.64. The molecule has 0 saturated heterocycles. The SMILES string of the molecule is CC(C)CCNC(=O)C(C)Nc1cc(C#N)ccc1Cl. The molecule has 0 spiro atoms. The van der Waals surface area contributed by atoms with E-state index in [1.165, 1.54) is 0 Å². The minimum absolute atomic E-state index is 0.0796. The monoisotopic (exact) mass is 293 g/mol. The molecule has 4 nitrogen and oxygen atoms in total. The molecule has 0 aliphatic carbocycles. The zero-order valence-electron chi connectivity index (χ0n) is 12.0. The van der Waals surface area contributed by atoms with Crippen LogP contribution < -0.4 is 10.6 Å². The van der Waals surface area contributed by atoms with Gasteiger partial charge in [0.1, 0.15) is 6.04 Å². The van der Waals surface area contributed by atoms with Crippen molar-refractivity contribution < 1.29 is 4.79 Å². The van der Waals surface area contributed by atoms with E-state index in [0.717, 1.165) is 6.42 Å². The fourth-order valence-corrected chi connectivity index (χ4v) is 1.81. The summed E-state index contributed by atoms with van der Waals surface area (Å²) in [6, 6.07) is 6.56. The predicted molar refractivity (Wildman–Crippen MR) is 81.7 cm³/mol. The molecule has 0 aliphatic rings. The van der Waals surface area contributed by atoms with Gasteiger partial charge in [0, 0.05) is 6.54 Å². The molecule has 108 valence electrons. The van der Waals surface area contributed by atoms with Crippen LogP contribution in [0, 0.1) is 17.2 Å². The van der Waals surface area contributed by atoms with Crippen molar-refractivity contribution in [2.24, 2.45) is 5.92 Å². The third kappa shape index (κ3) is 5.10. The van der Waals surface area contributed by atoms with Gasteiger partial charge in [0.25, 0.3) is 0 Å².